The number of aromatic nitrogens is 1. The van der Waals surface area contributed by atoms with Crippen molar-refractivity contribution >= 4 is 16.8 Å². The highest BCUT2D eigenvalue weighted by Crippen LogP contribution is 2.19. The highest BCUT2D eigenvalue weighted by Gasteiger charge is 2.17. The molecule has 3 rings (SSSR count). The molecule has 1 aliphatic rings. The van der Waals surface area contributed by atoms with Gasteiger partial charge in [0.05, 0.1) is 0 Å². The van der Waals surface area contributed by atoms with Crippen molar-refractivity contribution in [3.05, 3.63) is 36.3 Å². The molecule has 2 aromatic rings. The molecule has 0 aliphatic heterocycles. The monoisotopic (exact) mass is 260 g/mol. The second-order valence-corrected chi connectivity index (χ2v) is 5.20. The van der Waals surface area contributed by atoms with E-state index in [9.17, 15) is 9.18 Å². The van der Waals surface area contributed by atoms with Gasteiger partial charge in [-0.15, -0.1) is 0 Å². The van der Waals surface area contributed by atoms with Crippen molar-refractivity contribution in [2.45, 2.75) is 38.3 Å². The topological polar surface area (TPSA) is 34.0 Å². The van der Waals surface area contributed by atoms with Gasteiger partial charge in [-0.3, -0.25) is 4.79 Å². The number of hydrogen-bond donors (Lipinski definition) is 1. The molecule has 1 aromatic heterocycles. The van der Waals surface area contributed by atoms with Gasteiger partial charge in [-0.25, -0.2) is 4.39 Å². The average Bonchev–Trinajstić information content (AvgIpc) is 2.99. The lowest BCUT2D eigenvalue weighted by atomic mass is 10.2. The van der Waals surface area contributed by atoms with Crippen LogP contribution in [0.5, 0.6) is 0 Å². The smallest absolute Gasteiger partial charge is 0.240 e. The fourth-order valence-electron chi connectivity index (χ4n) is 2.81. The van der Waals surface area contributed by atoms with Crippen LogP contribution in [0.25, 0.3) is 10.9 Å². The fourth-order valence-corrected chi connectivity index (χ4v) is 2.81. The zero-order valence-electron chi connectivity index (χ0n) is 10.7. The Labute approximate surface area is 111 Å². The molecule has 0 bridgehead atoms. The van der Waals surface area contributed by atoms with Gasteiger partial charge in [0.25, 0.3) is 0 Å². The normalized spacial score (nSPS) is 16.1. The highest BCUT2D eigenvalue weighted by atomic mass is 19.1. The van der Waals surface area contributed by atoms with Gasteiger partial charge in [-0.05, 0) is 37.1 Å². The molecule has 0 unspecified atom stereocenters. The standard InChI is InChI=1S/C15H17FN2O/c16-12-5-6-14-11(9-12)7-8-18(14)10-15(19)17-13-3-1-2-4-13/h5-9,13H,1-4,10H2,(H,17,19). The van der Waals surface area contributed by atoms with Crippen LogP contribution in [-0.4, -0.2) is 16.5 Å². The summed E-state index contributed by atoms with van der Waals surface area (Å²) in [6, 6.07) is 6.80. The molecule has 1 heterocycles. The molecule has 0 atom stereocenters. The molecule has 0 spiro atoms. The predicted octanol–water partition coefficient (Wildman–Crippen LogP) is 2.84. The first-order valence-corrected chi connectivity index (χ1v) is 6.76. The summed E-state index contributed by atoms with van der Waals surface area (Å²) in [5, 5.41) is 3.89. The Morgan fingerprint density at radius 1 is 1.32 bits per heavy atom. The summed E-state index contributed by atoms with van der Waals surface area (Å²) in [7, 11) is 0. The number of halogens is 1. The number of fused-ring (bicyclic) bond motifs is 1. The summed E-state index contributed by atoms with van der Waals surface area (Å²) < 4.78 is 15.0. The van der Waals surface area contributed by atoms with E-state index in [0.29, 0.717) is 12.6 Å². The third kappa shape index (κ3) is 2.62. The fraction of sp³-hybridized carbons (Fsp3) is 0.400. The molecular formula is C15H17FN2O. The number of nitrogens with zero attached hydrogens (tertiary/aromatic N) is 1. The second kappa shape index (κ2) is 5.03. The van der Waals surface area contributed by atoms with Crippen molar-refractivity contribution < 1.29 is 9.18 Å². The van der Waals surface area contributed by atoms with Crippen LogP contribution in [-0.2, 0) is 11.3 Å². The van der Waals surface area contributed by atoms with Gasteiger partial charge in [0.1, 0.15) is 12.4 Å². The van der Waals surface area contributed by atoms with Crippen LogP contribution in [0.3, 0.4) is 0 Å². The van der Waals surface area contributed by atoms with Gasteiger partial charge >= 0.3 is 0 Å². The maximum atomic E-state index is 13.1. The Morgan fingerprint density at radius 3 is 2.89 bits per heavy atom. The largest absolute Gasteiger partial charge is 0.352 e. The van der Waals surface area contributed by atoms with Gasteiger partial charge in [0, 0.05) is 23.1 Å². The number of rotatable bonds is 3. The summed E-state index contributed by atoms with van der Waals surface area (Å²) in [6.45, 7) is 0.297. The minimum atomic E-state index is -0.249. The van der Waals surface area contributed by atoms with Gasteiger partial charge < -0.3 is 9.88 Å². The molecule has 1 fully saturated rings. The molecule has 1 saturated carbocycles. The van der Waals surface area contributed by atoms with Crippen molar-refractivity contribution in [1.29, 1.82) is 0 Å². The van der Waals surface area contributed by atoms with Crippen molar-refractivity contribution in [1.82, 2.24) is 9.88 Å². The molecule has 0 radical (unpaired) electrons. The molecule has 1 aliphatic carbocycles. The van der Waals surface area contributed by atoms with E-state index >= 15 is 0 Å². The number of carbonyl (C=O) groups excluding carboxylic acids is 1. The number of nitrogens with one attached hydrogen (secondary N) is 1. The molecule has 4 heteroatoms. The summed E-state index contributed by atoms with van der Waals surface area (Å²) in [5.74, 6) is -0.214. The number of amides is 1. The van der Waals surface area contributed by atoms with E-state index in [1.54, 1.807) is 6.07 Å². The first-order chi connectivity index (χ1) is 9.22. The molecule has 1 N–H and O–H groups in total. The Balaban J connectivity index is 1.72. The van der Waals surface area contributed by atoms with Crippen LogP contribution in [0, 0.1) is 5.82 Å². The Kier molecular flexibility index (Phi) is 3.23. The Bertz CT molecular complexity index is 599. The zero-order chi connectivity index (χ0) is 13.2. The number of benzene rings is 1. The van der Waals surface area contributed by atoms with Crippen LogP contribution >= 0.6 is 0 Å². The molecular weight excluding hydrogens is 243 g/mol. The molecule has 0 saturated heterocycles. The maximum absolute atomic E-state index is 13.1. The minimum Gasteiger partial charge on any atom is -0.352 e. The lowest BCUT2D eigenvalue weighted by molar-refractivity contribution is -0.122. The predicted molar refractivity (Wildman–Crippen MR) is 72.3 cm³/mol. The quantitative estimate of drug-likeness (QED) is 0.904. The van der Waals surface area contributed by atoms with Crippen LogP contribution in [0.2, 0.25) is 0 Å². The summed E-state index contributed by atoms with van der Waals surface area (Å²) in [5.41, 5.74) is 0.892. The SMILES string of the molecule is O=C(Cn1ccc2cc(F)ccc21)NC1CCCC1. The molecule has 1 aromatic carbocycles. The highest BCUT2D eigenvalue weighted by molar-refractivity contribution is 5.83. The summed E-state index contributed by atoms with van der Waals surface area (Å²) >= 11 is 0. The average molecular weight is 260 g/mol. The van der Waals surface area contributed by atoms with Crippen LogP contribution in [0.15, 0.2) is 30.5 Å². The lowest BCUT2D eigenvalue weighted by Crippen LogP contribution is -2.35. The van der Waals surface area contributed by atoms with Crippen molar-refractivity contribution in [3.63, 3.8) is 0 Å². The van der Waals surface area contributed by atoms with Gasteiger partial charge in [-0.1, -0.05) is 12.8 Å². The third-order valence-electron chi connectivity index (χ3n) is 3.77. The minimum absolute atomic E-state index is 0.0359. The molecule has 19 heavy (non-hydrogen) atoms. The van der Waals surface area contributed by atoms with Crippen LogP contribution in [0.4, 0.5) is 4.39 Å². The van der Waals surface area contributed by atoms with E-state index in [1.807, 2.05) is 16.8 Å². The van der Waals surface area contributed by atoms with E-state index in [4.69, 9.17) is 0 Å². The van der Waals surface area contributed by atoms with Crippen molar-refractivity contribution in [3.8, 4) is 0 Å². The maximum Gasteiger partial charge on any atom is 0.240 e. The summed E-state index contributed by atoms with van der Waals surface area (Å²) in [4.78, 5) is 12.0. The van der Waals surface area contributed by atoms with Crippen molar-refractivity contribution in [2.75, 3.05) is 0 Å². The molecule has 100 valence electrons. The number of carbonyl (C=O) groups is 1. The van der Waals surface area contributed by atoms with Crippen LogP contribution < -0.4 is 5.32 Å². The van der Waals surface area contributed by atoms with E-state index in [2.05, 4.69) is 5.32 Å². The third-order valence-corrected chi connectivity index (χ3v) is 3.77. The van der Waals surface area contributed by atoms with E-state index < -0.39 is 0 Å². The molecule has 1 amide bonds. The van der Waals surface area contributed by atoms with E-state index in [-0.39, 0.29) is 11.7 Å². The van der Waals surface area contributed by atoms with Gasteiger partial charge in [0.15, 0.2) is 0 Å². The zero-order valence-corrected chi connectivity index (χ0v) is 10.7. The van der Waals surface area contributed by atoms with Crippen molar-refractivity contribution in [2.24, 2.45) is 0 Å². The summed E-state index contributed by atoms with van der Waals surface area (Å²) in [6.07, 6.45) is 6.42. The van der Waals surface area contributed by atoms with Gasteiger partial charge in [0.2, 0.25) is 5.91 Å². The lowest BCUT2D eigenvalue weighted by Gasteiger charge is -2.12. The first kappa shape index (κ1) is 12.2. The van der Waals surface area contributed by atoms with E-state index in [0.717, 1.165) is 23.7 Å². The molecule has 3 nitrogen and oxygen atoms in total. The number of hydrogen-bond acceptors (Lipinski definition) is 1. The van der Waals surface area contributed by atoms with Crippen LogP contribution in [0.1, 0.15) is 25.7 Å². The van der Waals surface area contributed by atoms with E-state index in [1.165, 1.54) is 25.0 Å². The Morgan fingerprint density at radius 2 is 2.11 bits per heavy atom. The first-order valence-electron chi connectivity index (χ1n) is 6.76. The van der Waals surface area contributed by atoms with Gasteiger partial charge in [-0.2, -0.15) is 0 Å². The second-order valence-electron chi connectivity index (χ2n) is 5.20. The Hall–Kier alpha value is -1.84.